The van der Waals surface area contributed by atoms with Crippen LogP contribution < -0.4 is 5.32 Å². The molecule has 0 unspecified atom stereocenters. The molecule has 88 valence electrons. The summed E-state index contributed by atoms with van der Waals surface area (Å²) in [5.41, 5.74) is 0.697. The van der Waals surface area contributed by atoms with Crippen molar-refractivity contribution >= 4 is 18.5 Å². The molecule has 0 aliphatic heterocycles. The molecule has 0 spiro atoms. The molecule has 0 fully saturated rings. The third-order valence-corrected chi connectivity index (χ3v) is 2.67. The zero-order valence-corrected chi connectivity index (χ0v) is 10.8. The van der Waals surface area contributed by atoms with Crippen LogP contribution in [-0.2, 0) is 0 Å². The van der Waals surface area contributed by atoms with E-state index in [-0.39, 0.29) is 5.91 Å². The Morgan fingerprint density at radius 2 is 1.94 bits per heavy atom. The lowest BCUT2D eigenvalue weighted by atomic mass is 10.1. The molecule has 0 saturated carbocycles. The molecule has 0 atom stereocenters. The lowest BCUT2D eigenvalue weighted by Crippen LogP contribution is -2.24. The minimum absolute atomic E-state index is 0.00269. The van der Waals surface area contributed by atoms with Crippen molar-refractivity contribution in [2.75, 3.05) is 6.54 Å². The van der Waals surface area contributed by atoms with E-state index >= 15 is 0 Å². The molecule has 1 N–H and O–H groups in total. The van der Waals surface area contributed by atoms with Gasteiger partial charge in [-0.3, -0.25) is 4.79 Å². The van der Waals surface area contributed by atoms with Gasteiger partial charge in [-0.05, 0) is 43.0 Å². The third-order valence-electron chi connectivity index (χ3n) is 2.37. The predicted octanol–water partition coefficient (Wildman–Crippen LogP) is 3.14. The molecular weight excluding hydrogens is 218 g/mol. The Morgan fingerprint density at radius 1 is 1.31 bits per heavy atom. The van der Waals surface area contributed by atoms with Crippen LogP contribution in [0.25, 0.3) is 0 Å². The summed E-state index contributed by atoms with van der Waals surface area (Å²) >= 11 is 4.18. The summed E-state index contributed by atoms with van der Waals surface area (Å²) in [4.78, 5) is 12.5. The fraction of sp³-hybridized carbons (Fsp3) is 0.462. The van der Waals surface area contributed by atoms with E-state index in [0.717, 1.165) is 24.3 Å². The number of carbonyl (C=O) groups is 1. The lowest BCUT2D eigenvalue weighted by molar-refractivity contribution is 0.0952. The first kappa shape index (κ1) is 13.1. The molecule has 16 heavy (non-hydrogen) atoms. The van der Waals surface area contributed by atoms with Crippen LogP contribution in [0.1, 0.15) is 37.0 Å². The van der Waals surface area contributed by atoms with E-state index in [4.69, 9.17) is 0 Å². The summed E-state index contributed by atoms with van der Waals surface area (Å²) in [5.74, 6) is 0.692. The average Bonchev–Trinajstić information content (AvgIpc) is 2.25. The largest absolute Gasteiger partial charge is 0.352 e. The van der Waals surface area contributed by atoms with Crippen LogP contribution in [0.2, 0.25) is 0 Å². The van der Waals surface area contributed by atoms with Gasteiger partial charge in [0.25, 0.3) is 5.91 Å². The highest BCUT2D eigenvalue weighted by atomic mass is 32.1. The van der Waals surface area contributed by atoms with Crippen LogP contribution in [0, 0.1) is 5.92 Å². The zero-order chi connectivity index (χ0) is 12.0. The molecule has 1 aromatic rings. The van der Waals surface area contributed by atoms with E-state index in [2.05, 4.69) is 31.8 Å². The van der Waals surface area contributed by atoms with Gasteiger partial charge in [0.2, 0.25) is 0 Å². The van der Waals surface area contributed by atoms with Gasteiger partial charge in [0, 0.05) is 17.0 Å². The molecule has 0 saturated heterocycles. The summed E-state index contributed by atoms with van der Waals surface area (Å²) in [6.07, 6.45) is 2.18. The third kappa shape index (κ3) is 4.71. The van der Waals surface area contributed by atoms with E-state index in [0.29, 0.717) is 11.5 Å². The first-order chi connectivity index (χ1) is 7.59. The molecule has 1 aromatic carbocycles. The highest BCUT2D eigenvalue weighted by Crippen LogP contribution is 2.07. The summed E-state index contributed by atoms with van der Waals surface area (Å²) in [7, 11) is 0. The fourth-order valence-corrected chi connectivity index (χ4v) is 1.58. The second kappa shape index (κ2) is 6.59. The maximum Gasteiger partial charge on any atom is 0.251 e. The van der Waals surface area contributed by atoms with E-state index in [9.17, 15) is 4.79 Å². The molecular formula is C13H19NOS. The summed E-state index contributed by atoms with van der Waals surface area (Å²) in [6, 6.07) is 7.23. The number of hydrogen-bond donors (Lipinski definition) is 2. The van der Waals surface area contributed by atoms with Crippen molar-refractivity contribution < 1.29 is 4.79 Å². The molecule has 0 radical (unpaired) electrons. The Morgan fingerprint density at radius 3 is 2.50 bits per heavy atom. The molecule has 0 aromatic heterocycles. The van der Waals surface area contributed by atoms with Gasteiger partial charge in [0.1, 0.15) is 0 Å². The Labute approximate surface area is 103 Å². The van der Waals surface area contributed by atoms with Crippen LogP contribution >= 0.6 is 12.6 Å². The monoisotopic (exact) mass is 237 g/mol. The van der Waals surface area contributed by atoms with E-state index in [1.165, 1.54) is 0 Å². The maximum absolute atomic E-state index is 11.7. The SMILES string of the molecule is CC(C)CCCNC(=O)c1ccc(S)cc1. The van der Waals surface area contributed by atoms with E-state index in [1.807, 2.05) is 12.1 Å². The first-order valence-electron chi connectivity index (χ1n) is 5.67. The van der Waals surface area contributed by atoms with Crippen LogP contribution in [0.4, 0.5) is 0 Å². The van der Waals surface area contributed by atoms with Crippen molar-refractivity contribution in [3.63, 3.8) is 0 Å². The highest BCUT2D eigenvalue weighted by Gasteiger charge is 2.03. The van der Waals surface area contributed by atoms with E-state index in [1.54, 1.807) is 12.1 Å². The Balaban J connectivity index is 2.32. The second-order valence-electron chi connectivity index (χ2n) is 4.34. The van der Waals surface area contributed by atoms with Crippen molar-refractivity contribution in [3.05, 3.63) is 29.8 Å². The minimum Gasteiger partial charge on any atom is -0.352 e. The molecule has 0 aliphatic rings. The van der Waals surface area contributed by atoms with Gasteiger partial charge < -0.3 is 5.32 Å². The fourth-order valence-electron chi connectivity index (χ4n) is 1.43. The molecule has 0 heterocycles. The first-order valence-corrected chi connectivity index (χ1v) is 6.11. The predicted molar refractivity (Wildman–Crippen MR) is 70.1 cm³/mol. The van der Waals surface area contributed by atoms with E-state index < -0.39 is 0 Å². The number of benzene rings is 1. The van der Waals surface area contributed by atoms with Crippen LogP contribution in [0.5, 0.6) is 0 Å². The number of carbonyl (C=O) groups excluding carboxylic acids is 1. The van der Waals surface area contributed by atoms with Crippen LogP contribution in [-0.4, -0.2) is 12.5 Å². The Bertz CT molecular complexity index is 332. The minimum atomic E-state index is -0.00269. The normalized spacial score (nSPS) is 10.5. The second-order valence-corrected chi connectivity index (χ2v) is 4.86. The maximum atomic E-state index is 11.7. The standard InChI is InChI=1S/C13H19NOS/c1-10(2)4-3-9-14-13(15)11-5-7-12(16)8-6-11/h5-8,10,16H,3-4,9H2,1-2H3,(H,14,15). The summed E-state index contributed by atoms with van der Waals surface area (Å²) in [6.45, 7) is 5.13. The van der Waals surface area contributed by atoms with Crippen molar-refractivity contribution in [2.45, 2.75) is 31.6 Å². The number of amides is 1. The van der Waals surface area contributed by atoms with Crippen molar-refractivity contribution in [1.82, 2.24) is 5.32 Å². The van der Waals surface area contributed by atoms with Gasteiger partial charge in [0.15, 0.2) is 0 Å². The number of nitrogens with one attached hydrogen (secondary N) is 1. The Kier molecular flexibility index (Phi) is 5.39. The highest BCUT2D eigenvalue weighted by molar-refractivity contribution is 7.80. The van der Waals surface area contributed by atoms with Gasteiger partial charge in [-0.25, -0.2) is 0 Å². The number of rotatable bonds is 5. The van der Waals surface area contributed by atoms with Gasteiger partial charge in [-0.2, -0.15) is 0 Å². The number of thiol groups is 1. The zero-order valence-electron chi connectivity index (χ0n) is 9.86. The van der Waals surface area contributed by atoms with Gasteiger partial charge in [0.05, 0.1) is 0 Å². The van der Waals surface area contributed by atoms with Gasteiger partial charge >= 0.3 is 0 Å². The van der Waals surface area contributed by atoms with Crippen LogP contribution in [0.15, 0.2) is 29.2 Å². The van der Waals surface area contributed by atoms with Crippen LogP contribution in [0.3, 0.4) is 0 Å². The van der Waals surface area contributed by atoms with Gasteiger partial charge in [-0.15, -0.1) is 12.6 Å². The molecule has 1 amide bonds. The topological polar surface area (TPSA) is 29.1 Å². The molecule has 3 heteroatoms. The summed E-state index contributed by atoms with van der Waals surface area (Å²) in [5, 5.41) is 2.91. The molecule has 0 aliphatic carbocycles. The number of hydrogen-bond acceptors (Lipinski definition) is 2. The Hall–Kier alpha value is -0.960. The molecule has 2 nitrogen and oxygen atoms in total. The van der Waals surface area contributed by atoms with Crippen molar-refractivity contribution in [1.29, 1.82) is 0 Å². The van der Waals surface area contributed by atoms with Crippen molar-refractivity contribution in [2.24, 2.45) is 5.92 Å². The lowest BCUT2D eigenvalue weighted by Gasteiger charge is -2.06. The molecule has 1 rings (SSSR count). The molecule has 0 bridgehead atoms. The average molecular weight is 237 g/mol. The quantitative estimate of drug-likeness (QED) is 0.598. The van der Waals surface area contributed by atoms with Crippen molar-refractivity contribution in [3.8, 4) is 0 Å². The summed E-state index contributed by atoms with van der Waals surface area (Å²) < 4.78 is 0. The smallest absolute Gasteiger partial charge is 0.251 e. The van der Waals surface area contributed by atoms with Gasteiger partial charge in [-0.1, -0.05) is 13.8 Å².